The number of nitrogens with two attached hydrogens (primary N) is 1. The Hall–Kier alpha value is -2.90. The first kappa shape index (κ1) is 13.1. The normalized spacial score (nSPS) is 12.4. The minimum absolute atomic E-state index is 0.156. The van der Waals surface area contributed by atoms with Crippen LogP contribution in [0.5, 0.6) is 0 Å². The summed E-state index contributed by atoms with van der Waals surface area (Å²) in [4.78, 5) is 23.5. The first-order chi connectivity index (χ1) is 10.1. The van der Waals surface area contributed by atoms with Gasteiger partial charge >= 0.3 is 0 Å². The predicted octanol–water partition coefficient (Wildman–Crippen LogP) is 0.683. The van der Waals surface area contributed by atoms with Crippen molar-refractivity contribution in [3.63, 3.8) is 0 Å². The Bertz CT molecular complexity index is 743. The molecule has 0 aliphatic rings. The zero-order valence-corrected chi connectivity index (χ0v) is 11.4. The Labute approximate surface area is 120 Å². The van der Waals surface area contributed by atoms with E-state index in [0.29, 0.717) is 11.6 Å². The van der Waals surface area contributed by atoms with Crippen molar-refractivity contribution in [2.24, 2.45) is 0 Å². The number of benzene rings is 1. The van der Waals surface area contributed by atoms with Crippen molar-refractivity contribution < 1.29 is 4.79 Å². The van der Waals surface area contributed by atoms with Crippen LogP contribution in [-0.4, -0.2) is 31.1 Å². The molecular weight excluding hydrogens is 270 g/mol. The van der Waals surface area contributed by atoms with Gasteiger partial charge in [0.15, 0.2) is 0 Å². The maximum atomic E-state index is 12.0. The van der Waals surface area contributed by atoms with Gasteiger partial charge in [-0.05, 0) is 19.1 Å². The molecule has 8 heteroatoms. The summed E-state index contributed by atoms with van der Waals surface area (Å²) in [7, 11) is 0. The molecule has 0 aliphatic carbocycles. The minimum atomic E-state index is -0.299. The standard InChI is InChI=1S/C13H15N7O/c1-7(12-18-13(14)20-19-12)15-11(21)6-10-16-8-4-2-3-5-9(8)17-10/h2-5,7H,6H2,1H3,(H,15,21)(H,16,17)(H3,14,18,19,20)/t7-/m0/s1. The van der Waals surface area contributed by atoms with Crippen LogP contribution < -0.4 is 11.1 Å². The van der Waals surface area contributed by atoms with Gasteiger partial charge < -0.3 is 16.0 Å². The van der Waals surface area contributed by atoms with E-state index in [1.165, 1.54) is 0 Å². The van der Waals surface area contributed by atoms with Crippen LogP contribution in [0.4, 0.5) is 5.95 Å². The van der Waals surface area contributed by atoms with E-state index in [4.69, 9.17) is 5.73 Å². The molecule has 21 heavy (non-hydrogen) atoms. The average molecular weight is 285 g/mol. The molecule has 108 valence electrons. The fourth-order valence-corrected chi connectivity index (χ4v) is 2.08. The minimum Gasteiger partial charge on any atom is -0.367 e. The number of fused-ring (bicyclic) bond motifs is 1. The second kappa shape index (κ2) is 5.23. The highest BCUT2D eigenvalue weighted by Crippen LogP contribution is 2.11. The van der Waals surface area contributed by atoms with Crippen molar-refractivity contribution in [1.29, 1.82) is 0 Å². The number of carbonyl (C=O) groups excluding carboxylic acids is 1. The molecule has 5 N–H and O–H groups in total. The Balaban J connectivity index is 1.66. The SMILES string of the molecule is C[C@H](NC(=O)Cc1nc2ccccc2[nH]1)c1nc(N)n[nH]1. The highest BCUT2D eigenvalue weighted by Gasteiger charge is 2.14. The molecule has 0 aliphatic heterocycles. The monoisotopic (exact) mass is 285 g/mol. The van der Waals surface area contributed by atoms with E-state index in [0.717, 1.165) is 11.0 Å². The Morgan fingerprint density at radius 1 is 1.38 bits per heavy atom. The molecule has 0 bridgehead atoms. The van der Waals surface area contributed by atoms with E-state index in [-0.39, 0.29) is 24.3 Å². The fourth-order valence-electron chi connectivity index (χ4n) is 2.08. The third-order valence-electron chi connectivity index (χ3n) is 3.07. The van der Waals surface area contributed by atoms with Crippen molar-refractivity contribution in [3.8, 4) is 0 Å². The van der Waals surface area contributed by atoms with E-state index in [2.05, 4.69) is 30.5 Å². The molecule has 0 saturated heterocycles. The van der Waals surface area contributed by atoms with Gasteiger partial charge in [0.2, 0.25) is 11.9 Å². The lowest BCUT2D eigenvalue weighted by Gasteiger charge is -2.09. The predicted molar refractivity (Wildman–Crippen MR) is 77.2 cm³/mol. The number of nitrogens with zero attached hydrogens (tertiary/aromatic N) is 3. The molecule has 0 saturated carbocycles. The molecule has 3 aromatic rings. The van der Waals surface area contributed by atoms with Gasteiger partial charge in [0, 0.05) is 0 Å². The van der Waals surface area contributed by atoms with Crippen molar-refractivity contribution in [1.82, 2.24) is 30.5 Å². The Morgan fingerprint density at radius 3 is 2.90 bits per heavy atom. The second-order valence-corrected chi connectivity index (χ2v) is 4.75. The number of carbonyl (C=O) groups is 1. The lowest BCUT2D eigenvalue weighted by atomic mass is 10.3. The third kappa shape index (κ3) is 2.83. The van der Waals surface area contributed by atoms with Crippen molar-refractivity contribution in [2.45, 2.75) is 19.4 Å². The van der Waals surface area contributed by atoms with Gasteiger partial charge in [-0.1, -0.05) is 12.1 Å². The van der Waals surface area contributed by atoms with E-state index in [1.807, 2.05) is 24.3 Å². The molecule has 1 amide bonds. The zero-order valence-electron chi connectivity index (χ0n) is 11.4. The van der Waals surface area contributed by atoms with Crippen LogP contribution >= 0.6 is 0 Å². The highest BCUT2D eigenvalue weighted by atomic mass is 16.1. The van der Waals surface area contributed by atoms with Gasteiger partial charge in [0.1, 0.15) is 11.6 Å². The van der Waals surface area contributed by atoms with Gasteiger partial charge in [0.25, 0.3) is 0 Å². The van der Waals surface area contributed by atoms with Gasteiger partial charge in [0.05, 0.1) is 23.5 Å². The molecule has 2 heterocycles. The number of H-pyrrole nitrogens is 2. The van der Waals surface area contributed by atoms with Crippen LogP contribution in [0.25, 0.3) is 11.0 Å². The Kier molecular flexibility index (Phi) is 3.27. The number of hydrogen-bond acceptors (Lipinski definition) is 5. The van der Waals surface area contributed by atoms with Gasteiger partial charge in [-0.3, -0.25) is 9.89 Å². The van der Waals surface area contributed by atoms with Gasteiger partial charge in [-0.15, -0.1) is 5.10 Å². The Morgan fingerprint density at radius 2 is 2.19 bits per heavy atom. The number of imidazole rings is 1. The first-order valence-electron chi connectivity index (χ1n) is 6.52. The van der Waals surface area contributed by atoms with E-state index in [1.54, 1.807) is 6.92 Å². The topological polar surface area (TPSA) is 125 Å². The molecule has 2 aromatic heterocycles. The molecule has 0 fully saturated rings. The number of nitrogen functional groups attached to an aromatic ring is 1. The zero-order chi connectivity index (χ0) is 14.8. The quantitative estimate of drug-likeness (QED) is 0.561. The maximum Gasteiger partial charge on any atom is 0.239 e. The fraction of sp³-hybridized carbons (Fsp3) is 0.231. The van der Waals surface area contributed by atoms with Crippen LogP contribution in [0.2, 0.25) is 0 Å². The van der Waals surface area contributed by atoms with Gasteiger partial charge in [-0.2, -0.15) is 4.98 Å². The second-order valence-electron chi connectivity index (χ2n) is 4.75. The summed E-state index contributed by atoms with van der Waals surface area (Å²) in [6.07, 6.45) is 0.169. The van der Waals surface area contributed by atoms with Crippen molar-refractivity contribution >= 4 is 22.9 Å². The first-order valence-corrected chi connectivity index (χ1v) is 6.52. The van der Waals surface area contributed by atoms with Crippen LogP contribution in [0.1, 0.15) is 24.6 Å². The highest BCUT2D eigenvalue weighted by molar-refractivity contribution is 5.80. The number of hydrogen-bond donors (Lipinski definition) is 4. The number of para-hydroxylation sites is 2. The largest absolute Gasteiger partial charge is 0.367 e. The van der Waals surface area contributed by atoms with Gasteiger partial charge in [-0.25, -0.2) is 4.98 Å². The third-order valence-corrected chi connectivity index (χ3v) is 3.07. The summed E-state index contributed by atoms with van der Waals surface area (Å²) in [5, 5.41) is 9.22. The van der Waals surface area contributed by atoms with E-state index >= 15 is 0 Å². The molecule has 3 rings (SSSR count). The summed E-state index contributed by atoms with van der Waals surface area (Å²) in [6, 6.07) is 7.34. The number of aromatic amines is 2. The van der Waals surface area contributed by atoms with Crippen molar-refractivity contribution in [3.05, 3.63) is 35.9 Å². The smallest absolute Gasteiger partial charge is 0.239 e. The number of nitrogens with one attached hydrogen (secondary N) is 3. The van der Waals surface area contributed by atoms with Crippen LogP contribution in [0.3, 0.4) is 0 Å². The summed E-state index contributed by atoms with van der Waals surface area (Å²) in [6.45, 7) is 1.80. The average Bonchev–Trinajstić information content (AvgIpc) is 3.03. The summed E-state index contributed by atoms with van der Waals surface area (Å²) >= 11 is 0. The van der Waals surface area contributed by atoms with Crippen LogP contribution in [0, 0.1) is 0 Å². The van der Waals surface area contributed by atoms with E-state index < -0.39 is 0 Å². The molecule has 8 nitrogen and oxygen atoms in total. The number of aromatic nitrogens is 5. The maximum absolute atomic E-state index is 12.0. The number of rotatable bonds is 4. The summed E-state index contributed by atoms with van der Waals surface area (Å²) in [5.41, 5.74) is 7.19. The van der Waals surface area contributed by atoms with Crippen LogP contribution in [-0.2, 0) is 11.2 Å². The summed E-state index contributed by atoms with van der Waals surface area (Å²) in [5.74, 6) is 1.14. The summed E-state index contributed by atoms with van der Waals surface area (Å²) < 4.78 is 0. The molecule has 0 unspecified atom stereocenters. The molecule has 0 spiro atoms. The number of amides is 1. The molecule has 1 aromatic carbocycles. The van der Waals surface area contributed by atoms with Crippen LogP contribution in [0.15, 0.2) is 24.3 Å². The molecular formula is C13H15N7O. The van der Waals surface area contributed by atoms with E-state index in [9.17, 15) is 4.79 Å². The van der Waals surface area contributed by atoms with Crippen molar-refractivity contribution in [2.75, 3.05) is 5.73 Å². The molecule has 1 atom stereocenters. The number of anilines is 1. The lowest BCUT2D eigenvalue weighted by molar-refractivity contribution is -0.121. The lowest BCUT2D eigenvalue weighted by Crippen LogP contribution is -2.29. The molecule has 0 radical (unpaired) electrons.